The summed E-state index contributed by atoms with van der Waals surface area (Å²) in [5.41, 5.74) is 6.33. The Labute approximate surface area is 243 Å². The number of carbonyl (C=O) groups is 1. The minimum absolute atomic E-state index is 0.279. The van der Waals surface area contributed by atoms with Crippen molar-refractivity contribution in [2.75, 3.05) is 0 Å². The topological polar surface area (TPSA) is 77.2 Å². The van der Waals surface area contributed by atoms with Crippen LogP contribution in [0, 0.1) is 6.92 Å². The van der Waals surface area contributed by atoms with Gasteiger partial charge >= 0.3 is 5.97 Å². The normalized spacial score (nSPS) is 12.8. The van der Waals surface area contributed by atoms with E-state index < -0.39 is 17.7 Å². The molecule has 0 aliphatic carbocycles. The number of carboxylic acid groups (broad SMARTS) is 1. The molecule has 1 unspecified atom stereocenters. The van der Waals surface area contributed by atoms with Gasteiger partial charge in [-0.15, -0.1) is 11.3 Å². The highest BCUT2D eigenvalue weighted by atomic mass is 35.5. The Morgan fingerprint density at radius 1 is 1.02 bits per heavy atom. The summed E-state index contributed by atoms with van der Waals surface area (Å²) in [7, 11) is 0. The van der Waals surface area contributed by atoms with Gasteiger partial charge in [-0.2, -0.15) is 5.10 Å². The molecule has 0 aliphatic heterocycles. The molecule has 3 aromatic carbocycles. The number of fused-ring (bicyclic) bond motifs is 1. The molecule has 5 rings (SSSR count). The van der Waals surface area contributed by atoms with Crippen molar-refractivity contribution in [3.8, 4) is 32.8 Å². The molecular weight excluding hydrogens is 542 g/mol. The van der Waals surface area contributed by atoms with Crippen LogP contribution in [-0.4, -0.2) is 31.4 Å². The molecule has 0 fully saturated rings. The van der Waals surface area contributed by atoms with Gasteiger partial charge in [-0.25, -0.2) is 9.78 Å². The number of aryl methyl sites for hydroxylation is 1. The highest BCUT2D eigenvalue weighted by molar-refractivity contribution is 7.22. The molecule has 0 saturated carbocycles. The maximum Gasteiger partial charge on any atom is 0.337 e. The molecule has 0 amide bonds. The van der Waals surface area contributed by atoms with Crippen LogP contribution in [0.25, 0.3) is 43.0 Å². The van der Waals surface area contributed by atoms with Gasteiger partial charge in [0, 0.05) is 39.5 Å². The molecule has 0 aliphatic rings. The quantitative estimate of drug-likeness (QED) is 0.210. The van der Waals surface area contributed by atoms with Gasteiger partial charge < -0.3 is 9.84 Å². The second-order valence-corrected chi connectivity index (χ2v) is 12.6. The summed E-state index contributed by atoms with van der Waals surface area (Å²) >= 11 is 7.77. The zero-order valence-electron chi connectivity index (χ0n) is 23.4. The Bertz CT molecular complexity index is 1700. The molecule has 8 heteroatoms. The van der Waals surface area contributed by atoms with Crippen molar-refractivity contribution in [3.05, 3.63) is 83.1 Å². The number of ether oxygens (including phenoxy) is 1. The Morgan fingerprint density at radius 3 is 2.35 bits per heavy atom. The molecule has 0 bridgehead atoms. The van der Waals surface area contributed by atoms with Crippen molar-refractivity contribution in [1.82, 2.24) is 14.8 Å². The smallest absolute Gasteiger partial charge is 0.337 e. The molecule has 1 atom stereocenters. The second-order valence-electron chi connectivity index (χ2n) is 11.2. The van der Waals surface area contributed by atoms with Gasteiger partial charge in [0.15, 0.2) is 6.10 Å². The van der Waals surface area contributed by atoms with E-state index in [1.165, 1.54) is 0 Å². The monoisotopic (exact) mass is 573 g/mol. The van der Waals surface area contributed by atoms with E-state index in [0.717, 1.165) is 48.6 Å². The highest BCUT2D eigenvalue weighted by Gasteiger charge is 2.32. The van der Waals surface area contributed by atoms with E-state index in [-0.39, 0.29) is 6.04 Å². The molecule has 6 nitrogen and oxygen atoms in total. The van der Waals surface area contributed by atoms with Gasteiger partial charge in [-0.05, 0) is 82.5 Å². The lowest BCUT2D eigenvalue weighted by atomic mass is 9.91. The SMILES string of the molecule is Cc1cc2nc(-c3cccc(-c4cnn(C(C)C)c4)c3)sc2c(-c2ccc(Cl)cc2)c1C(OC(C)(C)C)C(=O)O. The number of thiazole rings is 1. The molecule has 5 aromatic rings. The number of carboxylic acids is 1. The molecule has 1 N–H and O–H groups in total. The van der Waals surface area contributed by atoms with Crippen LogP contribution in [0.3, 0.4) is 0 Å². The Hall–Kier alpha value is -3.52. The first-order valence-electron chi connectivity index (χ1n) is 13.2. The Kier molecular flexibility index (Phi) is 7.57. The van der Waals surface area contributed by atoms with Crippen LogP contribution < -0.4 is 0 Å². The van der Waals surface area contributed by atoms with Crippen molar-refractivity contribution >= 4 is 39.1 Å². The maximum atomic E-state index is 12.6. The average molecular weight is 574 g/mol. The lowest BCUT2D eigenvalue weighted by Crippen LogP contribution is -2.28. The molecule has 0 radical (unpaired) electrons. The lowest BCUT2D eigenvalue weighted by Gasteiger charge is -2.28. The number of aliphatic carboxylic acids is 1. The van der Waals surface area contributed by atoms with Crippen molar-refractivity contribution in [2.45, 2.75) is 59.3 Å². The molecule has 0 saturated heterocycles. The van der Waals surface area contributed by atoms with E-state index in [0.29, 0.717) is 10.6 Å². The van der Waals surface area contributed by atoms with Crippen LogP contribution in [-0.2, 0) is 9.53 Å². The Balaban J connectivity index is 1.71. The van der Waals surface area contributed by atoms with Gasteiger partial charge in [-0.1, -0.05) is 41.9 Å². The number of nitrogens with zero attached hydrogens (tertiary/aromatic N) is 3. The molecule has 2 heterocycles. The van der Waals surface area contributed by atoms with E-state index >= 15 is 0 Å². The van der Waals surface area contributed by atoms with Crippen LogP contribution in [0.1, 0.15) is 57.9 Å². The van der Waals surface area contributed by atoms with Gasteiger partial charge in [0.2, 0.25) is 0 Å². The Morgan fingerprint density at radius 2 is 1.73 bits per heavy atom. The van der Waals surface area contributed by atoms with E-state index in [9.17, 15) is 9.90 Å². The molecule has 206 valence electrons. The summed E-state index contributed by atoms with van der Waals surface area (Å²) in [6.45, 7) is 11.7. The van der Waals surface area contributed by atoms with Crippen molar-refractivity contribution in [2.24, 2.45) is 0 Å². The third-order valence-corrected chi connectivity index (χ3v) is 7.98. The first-order valence-corrected chi connectivity index (χ1v) is 14.4. The molecular formula is C32H32ClN3O3S. The van der Waals surface area contributed by atoms with Crippen LogP contribution in [0.2, 0.25) is 5.02 Å². The van der Waals surface area contributed by atoms with Crippen molar-refractivity contribution < 1.29 is 14.6 Å². The zero-order chi connectivity index (χ0) is 28.8. The summed E-state index contributed by atoms with van der Waals surface area (Å²) in [6, 6.07) is 18.0. The number of aromatic nitrogens is 3. The number of halogens is 1. The van der Waals surface area contributed by atoms with Gasteiger partial charge in [-0.3, -0.25) is 4.68 Å². The third-order valence-electron chi connectivity index (χ3n) is 6.59. The number of rotatable bonds is 7. The number of hydrogen-bond acceptors (Lipinski definition) is 5. The van der Waals surface area contributed by atoms with E-state index in [4.69, 9.17) is 21.3 Å². The molecule has 40 heavy (non-hydrogen) atoms. The summed E-state index contributed by atoms with van der Waals surface area (Å²) in [6.07, 6.45) is 2.78. The summed E-state index contributed by atoms with van der Waals surface area (Å²) < 4.78 is 8.97. The summed E-state index contributed by atoms with van der Waals surface area (Å²) in [5.74, 6) is -1.04. The minimum atomic E-state index is -1.15. The van der Waals surface area contributed by atoms with Gasteiger partial charge in [0.25, 0.3) is 0 Å². The minimum Gasteiger partial charge on any atom is -0.479 e. The van der Waals surface area contributed by atoms with Gasteiger partial charge in [0.05, 0.1) is 22.0 Å². The maximum absolute atomic E-state index is 12.6. The second kappa shape index (κ2) is 10.8. The summed E-state index contributed by atoms with van der Waals surface area (Å²) in [4.78, 5) is 17.6. The van der Waals surface area contributed by atoms with E-state index in [2.05, 4.69) is 37.3 Å². The van der Waals surface area contributed by atoms with E-state index in [1.807, 2.05) is 81.0 Å². The lowest BCUT2D eigenvalue weighted by molar-refractivity contribution is -0.160. The first kappa shape index (κ1) is 28.0. The molecule has 2 aromatic heterocycles. The first-order chi connectivity index (χ1) is 18.9. The third kappa shape index (κ3) is 5.68. The van der Waals surface area contributed by atoms with Crippen LogP contribution in [0.4, 0.5) is 0 Å². The fraction of sp³-hybridized carbons (Fsp3) is 0.281. The largest absolute Gasteiger partial charge is 0.479 e. The highest BCUT2D eigenvalue weighted by Crippen LogP contribution is 2.44. The predicted octanol–water partition coefficient (Wildman–Crippen LogP) is 8.98. The van der Waals surface area contributed by atoms with Gasteiger partial charge in [0.1, 0.15) is 5.01 Å². The van der Waals surface area contributed by atoms with Crippen LogP contribution in [0.15, 0.2) is 67.0 Å². The average Bonchev–Trinajstić information content (AvgIpc) is 3.55. The van der Waals surface area contributed by atoms with Crippen molar-refractivity contribution in [1.29, 1.82) is 0 Å². The standard InChI is InChI=1S/C32H32ClN3O3S/c1-18(2)36-17-23(16-34-36)21-8-7-9-22(15-21)30-35-25-14-19(3)26(28(31(37)38)39-32(4,5)6)27(29(25)40-30)20-10-12-24(33)13-11-20/h7-18,28H,1-6H3,(H,37,38). The van der Waals surface area contributed by atoms with Crippen LogP contribution >= 0.6 is 22.9 Å². The number of hydrogen-bond donors (Lipinski definition) is 1. The van der Waals surface area contributed by atoms with E-state index in [1.54, 1.807) is 11.3 Å². The predicted molar refractivity (Wildman–Crippen MR) is 163 cm³/mol. The zero-order valence-corrected chi connectivity index (χ0v) is 25.0. The van der Waals surface area contributed by atoms with Crippen LogP contribution in [0.5, 0.6) is 0 Å². The molecule has 0 spiro atoms. The fourth-order valence-corrected chi connectivity index (χ4v) is 6.01. The van der Waals surface area contributed by atoms with Crippen molar-refractivity contribution in [3.63, 3.8) is 0 Å². The summed E-state index contributed by atoms with van der Waals surface area (Å²) in [5, 5.41) is 16.2. The number of benzene rings is 3. The fourth-order valence-electron chi connectivity index (χ4n) is 4.76.